The Morgan fingerprint density at radius 3 is 2.83 bits per heavy atom. The van der Waals surface area contributed by atoms with E-state index in [-0.39, 0.29) is 11.0 Å². The third-order valence-corrected chi connectivity index (χ3v) is 2.88. The predicted octanol–water partition coefficient (Wildman–Crippen LogP) is 3.62. The van der Waals surface area contributed by atoms with Gasteiger partial charge in [-0.15, -0.1) is 0 Å². The number of rotatable bonds is 6. The van der Waals surface area contributed by atoms with Crippen molar-refractivity contribution in [2.45, 2.75) is 32.2 Å². The Morgan fingerprint density at radius 1 is 1.56 bits per heavy atom. The first kappa shape index (κ1) is 14.8. The van der Waals surface area contributed by atoms with E-state index in [9.17, 15) is 9.18 Å². The number of carbonyl (C=O) groups excluding carboxylic acids is 1. The van der Waals surface area contributed by atoms with Gasteiger partial charge < -0.3 is 10.1 Å². The summed E-state index contributed by atoms with van der Waals surface area (Å²) in [6.07, 6.45) is 2.55. The molecule has 0 bridgehead atoms. The summed E-state index contributed by atoms with van der Waals surface area (Å²) in [5, 5.41) is 3.03. The molecule has 0 saturated carbocycles. The van der Waals surface area contributed by atoms with E-state index in [2.05, 4.69) is 5.32 Å². The zero-order valence-electron chi connectivity index (χ0n) is 10.5. The van der Waals surface area contributed by atoms with Crippen molar-refractivity contribution in [2.24, 2.45) is 0 Å². The van der Waals surface area contributed by atoms with Gasteiger partial charge in [0.25, 0.3) is 0 Å². The Morgan fingerprint density at radius 2 is 2.28 bits per heavy atom. The summed E-state index contributed by atoms with van der Waals surface area (Å²) >= 11 is 5.68. The number of methoxy groups -OCH3 is 1. The zero-order valence-corrected chi connectivity index (χ0v) is 11.3. The molecule has 5 heteroatoms. The molecule has 100 valence electrons. The zero-order chi connectivity index (χ0) is 13.5. The van der Waals surface area contributed by atoms with E-state index in [1.54, 1.807) is 6.07 Å². The maximum atomic E-state index is 13.0. The SMILES string of the molecule is CCCCC(Nc1ccc(F)c(Cl)c1)C(=O)OC. The van der Waals surface area contributed by atoms with E-state index < -0.39 is 11.9 Å². The molecule has 0 radical (unpaired) electrons. The van der Waals surface area contributed by atoms with Crippen molar-refractivity contribution < 1.29 is 13.9 Å². The number of nitrogens with one attached hydrogen (secondary N) is 1. The van der Waals surface area contributed by atoms with Gasteiger partial charge in [-0.2, -0.15) is 0 Å². The average molecular weight is 274 g/mol. The molecule has 0 amide bonds. The molecule has 3 nitrogen and oxygen atoms in total. The predicted molar refractivity (Wildman–Crippen MR) is 70.4 cm³/mol. The van der Waals surface area contributed by atoms with Crippen LogP contribution in [0.1, 0.15) is 26.2 Å². The molecular formula is C13H17ClFNO2. The minimum Gasteiger partial charge on any atom is -0.467 e. The lowest BCUT2D eigenvalue weighted by Gasteiger charge is -2.17. The summed E-state index contributed by atoms with van der Waals surface area (Å²) < 4.78 is 17.7. The highest BCUT2D eigenvalue weighted by atomic mass is 35.5. The maximum Gasteiger partial charge on any atom is 0.328 e. The smallest absolute Gasteiger partial charge is 0.328 e. The third kappa shape index (κ3) is 4.18. The van der Waals surface area contributed by atoms with Gasteiger partial charge in [-0.1, -0.05) is 31.4 Å². The Balaban J connectivity index is 2.75. The normalized spacial score (nSPS) is 12.0. The van der Waals surface area contributed by atoms with E-state index in [1.165, 1.54) is 19.2 Å². The molecule has 0 saturated heterocycles. The summed E-state index contributed by atoms with van der Waals surface area (Å²) in [4.78, 5) is 11.6. The van der Waals surface area contributed by atoms with Gasteiger partial charge in [0.15, 0.2) is 0 Å². The van der Waals surface area contributed by atoms with E-state index in [0.717, 1.165) is 12.8 Å². The number of ether oxygens (including phenoxy) is 1. The van der Waals surface area contributed by atoms with Crippen molar-refractivity contribution in [3.05, 3.63) is 29.0 Å². The van der Waals surface area contributed by atoms with Crippen molar-refractivity contribution in [3.8, 4) is 0 Å². The molecule has 0 fully saturated rings. The number of halogens is 2. The van der Waals surface area contributed by atoms with Crippen LogP contribution in [0.15, 0.2) is 18.2 Å². The van der Waals surface area contributed by atoms with Gasteiger partial charge in [-0.3, -0.25) is 0 Å². The fourth-order valence-electron chi connectivity index (χ4n) is 1.59. The summed E-state index contributed by atoms with van der Waals surface area (Å²) in [6, 6.07) is 3.83. The van der Waals surface area contributed by atoms with E-state index >= 15 is 0 Å². The first-order valence-corrected chi connectivity index (χ1v) is 6.25. The minimum absolute atomic E-state index is 0.0270. The lowest BCUT2D eigenvalue weighted by Crippen LogP contribution is -2.30. The Kier molecular flexibility index (Phi) is 5.92. The minimum atomic E-state index is -0.481. The van der Waals surface area contributed by atoms with E-state index in [4.69, 9.17) is 16.3 Å². The number of hydrogen-bond donors (Lipinski definition) is 1. The molecule has 1 unspecified atom stereocenters. The highest BCUT2D eigenvalue weighted by molar-refractivity contribution is 6.31. The fraction of sp³-hybridized carbons (Fsp3) is 0.462. The second-order valence-electron chi connectivity index (χ2n) is 3.99. The maximum absolute atomic E-state index is 13.0. The molecule has 1 rings (SSSR count). The lowest BCUT2D eigenvalue weighted by molar-refractivity contribution is -0.141. The number of esters is 1. The number of benzene rings is 1. The van der Waals surface area contributed by atoms with Gasteiger partial charge in [0.05, 0.1) is 12.1 Å². The van der Waals surface area contributed by atoms with Gasteiger partial charge in [-0.25, -0.2) is 9.18 Å². The molecule has 1 atom stereocenters. The Labute approximate surface area is 111 Å². The average Bonchev–Trinajstić information content (AvgIpc) is 2.37. The van der Waals surface area contributed by atoms with E-state index in [1.807, 2.05) is 6.92 Å². The van der Waals surface area contributed by atoms with Crippen LogP contribution in [0.5, 0.6) is 0 Å². The summed E-state index contributed by atoms with van der Waals surface area (Å²) in [7, 11) is 1.35. The van der Waals surface area contributed by atoms with Gasteiger partial charge in [0, 0.05) is 5.69 Å². The molecule has 0 heterocycles. The van der Waals surface area contributed by atoms with Crippen LogP contribution >= 0.6 is 11.6 Å². The van der Waals surface area contributed by atoms with Gasteiger partial charge in [0.2, 0.25) is 0 Å². The number of anilines is 1. The van der Waals surface area contributed by atoms with Crippen molar-refractivity contribution in [1.82, 2.24) is 0 Å². The van der Waals surface area contributed by atoms with Crippen molar-refractivity contribution >= 4 is 23.3 Å². The lowest BCUT2D eigenvalue weighted by atomic mass is 10.1. The molecule has 0 aliphatic rings. The van der Waals surface area contributed by atoms with Crippen LogP contribution in [-0.2, 0) is 9.53 Å². The topological polar surface area (TPSA) is 38.3 Å². The largest absolute Gasteiger partial charge is 0.467 e. The van der Waals surface area contributed by atoms with E-state index in [0.29, 0.717) is 12.1 Å². The molecule has 0 spiro atoms. The summed E-state index contributed by atoms with van der Waals surface area (Å²) in [5.41, 5.74) is 0.605. The number of hydrogen-bond acceptors (Lipinski definition) is 3. The van der Waals surface area contributed by atoms with Gasteiger partial charge in [0.1, 0.15) is 11.9 Å². The van der Waals surface area contributed by atoms with Crippen LogP contribution in [0.25, 0.3) is 0 Å². The molecule has 0 aromatic heterocycles. The second-order valence-corrected chi connectivity index (χ2v) is 4.40. The first-order valence-electron chi connectivity index (χ1n) is 5.88. The summed E-state index contributed by atoms with van der Waals surface area (Å²) in [6.45, 7) is 2.04. The standard InChI is InChI=1S/C13H17ClFNO2/c1-3-4-5-12(13(17)18-2)16-9-6-7-11(15)10(14)8-9/h6-8,12,16H,3-5H2,1-2H3. The fourth-order valence-corrected chi connectivity index (χ4v) is 1.77. The molecule has 18 heavy (non-hydrogen) atoms. The summed E-state index contributed by atoms with van der Waals surface area (Å²) in [5.74, 6) is -0.811. The quantitative estimate of drug-likeness (QED) is 0.805. The molecular weight excluding hydrogens is 257 g/mol. The van der Waals surface area contributed by atoms with Crippen LogP contribution in [0.4, 0.5) is 10.1 Å². The number of carbonyl (C=O) groups is 1. The molecule has 0 aliphatic heterocycles. The Hall–Kier alpha value is -1.29. The Bertz CT molecular complexity index is 412. The molecule has 1 aromatic rings. The molecule has 1 N–H and O–H groups in total. The number of unbranched alkanes of at least 4 members (excludes halogenated alkanes) is 1. The van der Waals surface area contributed by atoms with Crippen LogP contribution < -0.4 is 5.32 Å². The molecule has 1 aromatic carbocycles. The third-order valence-electron chi connectivity index (χ3n) is 2.59. The molecule has 0 aliphatic carbocycles. The van der Waals surface area contributed by atoms with Crippen molar-refractivity contribution in [2.75, 3.05) is 12.4 Å². The van der Waals surface area contributed by atoms with Crippen LogP contribution in [0.2, 0.25) is 5.02 Å². The van der Waals surface area contributed by atoms with Crippen LogP contribution in [0.3, 0.4) is 0 Å². The monoisotopic (exact) mass is 273 g/mol. The first-order chi connectivity index (χ1) is 8.58. The van der Waals surface area contributed by atoms with Crippen molar-refractivity contribution in [3.63, 3.8) is 0 Å². The van der Waals surface area contributed by atoms with Gasteiger partial charge >= 0.3 is 5.97 Å². The highest BCUT2D eigenvalue weighted by Crippen LogP contribution is 2.21. The van der Waals surface area contributed by atoms with Crippen LogP contribution in [-0.4, -0.2) is 19.1 Å². The van der Waals surface area contributed by atoms with Crippen molar-refractivity contribution in [1.29, 1.82) is 0 Å². The highest BCUT2D eigenvalue weighted by Gasteiger charge is 2.18. The van der Waals surface area contributed by atoms with Gasteiger partial charge in [-0.05, 0) is 24.6 Å². The van der Waals surface area contributed by atoms with Crippen LogP contribution in [0, 0.1) is 5.82 Å². The second kappa shape index (κ2) is 7.21.